The predicted molar refractivity (Wildman–Crippen MR) is 79.7 cm³/mol. The smallest absolute Gasteiger partial charge is 0.327 e. The Morgan fingerprint density at radius 3 is 2.70 bits per heavy atom. The van der Waals surface area contributed by atoms with Crippen LogP contribution < -0.4 is 0 Å². The summed E-state index contributed by atoms with van der Waals surface area (Å²) in [5.41, 5.74) is 0. The van der Waals surface area contributed by atoms with Gasteiger partial charge < -0.3 is 10.0 Å². The van der Waals surface area contributed by atoms with Crippen LogP contribution in [0.2, 0.25) is 0 Å². The van der Waals surface area contributed by atoms with Crippen molar-refractivity contribution in [2.45, 2.75) is 50.1 Å². The Morgan fingerprint density at radius 2 is 2.20 bits per heavy atom. The maximum Gasteiger partial charge on any atom is 0.327 e. The average molecular weight is 298 g/mol. The summed E-state index contributed by atoms with van der Waals surface area (Å²) in [5.74, 6) is -0.419. The van der Waals surface area contributed by atoms with E-state index in [0.29, 0.717) is 12.3 Å². The minimum Gasteiger partial charge on any atom is -0.480 e. The molecule has 0 radical (unpaired) electrons. The lowest BCUT2D eigenvalue weighted by molar-refractivity contribution is -0.141. The molecule has 1 aliphatic carbocycles. The molecule has 2 atom stereocenters. The Labute approximate surface area is 124 Å². The van der Waals surface area contributed by atoms with E-state index >= 15 is 0 Å². The standard InChI is InChI=1S/C14H22N2O3S/c1-3-5-12-16(11(9-20-12)13(17)18)14(19)15(8-4-2)10-6-7-10/h4,10-12H,2-3,5-9H2,1H3,(H,17,18). The minimum absolute atomic E-state index is 0.0142. The van der Waals surface area contributed by atoms with Crippen molar-refractivity contribution in [1.82, 2.24) is 9.80 Å². The zero-order chi connectivity index (χ0) is 14.7. The third-order valence-electron chi connectivity index (χ3n) is 3.69. The summed E-state index contributed by atoms with van der Waals surface area (Å²) in [6, 6.07) is -0.568. The van der Waals surface area contributed by atoms with Crippen molar-refractivity contribution >= 4 is 23.8 Å². The van der Waals surface area contributed by atoms with Crippen LogP contribution >= 0.6 is 11.8 Å². The van der Waals surface area contributed by atoms with Crippen LogP contribution in [0, 0.1) is 0 Å². The maximum absolute atomic E-state index is 12.7. The second kappa shape index (κ2) is 6.52. The molecule has 2 unspecified atom stereocenters. The van der Waals surface area contributed by atoms with Gasteiger partial charge in [0.2, 0.25) is 0 Å². The Bertz CT molecular complexity index is 398. The van der Waals surface area contributed by atoms with Gasteiger partial charge in [-0.25, -0.2) is 9.59 Å². The third kappa shape index (κ3) is 3.11. The molecule has 0 spiro atoms. The van der Waals surface area contributed by atoms with Crippen LogP contribution in [-0.2, 0) is 4.79 Å². The first kappa shape index (κ1) is 15.2. The topological polar surface area (TPSA) is 60.9 Å². The normalized spacial score (nSPS) is 25.6. The van der Waals surface area contributed by atoms with Gasteiger partial charge in [-0.05, 0) is 19.3 Å². The van der Waals surface area contributed by atoms with Gasteiger partial charge in [-0.15, -0.1) is 18.3 Å². The van der Waals surface area contributed by atoms with Crippen molar-refractivity contribution in [2.75, 3.05) is 12.3 Å². The summed E-state index contributed by atoms with van der Waals surface area (Å²) < 4.78 is 0. The van der Waals surface area contributed by atoms with Crippen molar-refractivity contribution in [2.24, 2.45) is 0 Å². The SMILES string of the molecule is C=CCN(C(=O)N1C(CCC)SCC1C(=O)O)C1CC1. The second-order valence-electron chi connectivity index (χ2n) is 5.29. The zero-order valence-corrected chi connectivity index (χ0v) is 12.6. The molecular formula is C14H22N2O3S. The zero-order valence-electron chi connectivity index (χ0n) is 11.8. The minimum atomic E-state index is -0.904. The number of carbonyl (C=O) groups is 2. The van der Waals surface area contributed by atoms with Crippen molar-refractivity contribution in [3.8, 4) is 0 Å². The fourth-order valence-electron chi connectivity index (χ4n) is 2.54. The van der Waals surface area contributed by atoms with Gasteiger partial charge in [0.1, 0.15) is 6.04 Å². The van der Waals surface area contributed by atoms with Crippen molar-refractivity contribution in [1.29, 1.82) is 0 Å². The van der Waals surface area contributed by atoms with Gasteiger partial charge in [0.15, 0.2) is 0 Å². The average Bonchev–Trinajstić information content (AvgIpc) is 3.16. The molecule has 0 aromatic heterocycles. The number of nitrogens with zero attached hydrogens (tertiary/aromatic N) is 2. The molecule has 2 fully saturated rings. The highest BCUT2D eigenvalue weighted by molar-refractivity contribution is 8.00. The number of hydrogen-bond donors (Lipinski definition) is 1. The summed E-state index contributed by atoms with van der Waals surface area (Å²) in [7, 11) is 0. The van der Waals surface area contributed by atoms with Gasteiger partial charge in [0.05, 0.1) is 5.37 Å². The maximum atomic E-state index is 12.7. The van der Waals surface area contributed by atoms with Gasteiger partial charge in [0, 0.05) is 18.3 Å². The Balaban J connectivity index is 2.16. The molecule has 2 amide bonds. The highest BCUT2D eigenvalue weighted by Gasteiger charge is 2.45. The first-order chi connectivity index (χ1) is 9.60. The third-order valence-corrected chi connectivity index (χ3v) is 5.05. The first-order valence-corrected chi connectivity index (χ1v) is 8.19. The highest BCUT2D eigenvalue weighted by atomic mass is 32.2. The highest BCUT2D eigenvalue weighted by Crippen LogP contribution is 2.35. The Hall–Kier alpha value is -1.17. The number of carboxylic acids is 1. The first-order valence-electron chi connectivity index (χ1n) is 7.14. The summed E-state index contributed by atoms with van der Waals surface area (Å²) in [6.45, 7) is 6.25. The summed E-state index contributed by atoms with van der Waals surface area (Å²) >= 11 is 1.58. The number of hydrogen-bond acceptors (Lipinski definition) is 3. The Morgan fingerprint density at radius 1 is 1.50 bits per heavy atom. The van der Waals surface area contributed by atoms with Crippen LogP contribution in [0.15, 0.2) is 12.7 Å². The molecule has 5 nitrogen and oxygen atoms in total. The largest absolute Gasteiger partial charge is 0.480 e. The summed E-state index contributed by atoms with van der Waals surface area (Å²) in [5, 5.41) is 9.32. The van der Waals surface area contributed by atoms with Crippen molar-refractivity contribution in [3.05, 3.63) is 12.7 Å². The lowest BCUT2D eigenvalue weighted by Crippen LogP contribution is -2.52. The number of aliphatic carboxylic acids is 1. The van der Waals surface area contributed by atoms with E-state index in [1.54, 1.807) is 27.6 Å². The molecule has 112 valence electrons. The van der Waals surface area contributed by atoms with E-state index in [1.165, 1.54) is 0 Å². The van der Waals surface area contributed by atoms with E-state index < -0.39 is 12.0 Å². The van der Waals surface area contributed by atoms with E-state index in [9.17, 15) is 14.7 Å². The van der Waals surface area contributed by atoms with Crippen LogP contribution in [0.1, 0.15) is 32.6 Å². The number of rotatable bonds is 6. The molecular weight excluding hydrogens is 276 g/mol. The quantitative estimate of drug-likeness (QED) is 0.765. The van der Waals surface area contributed by atoms with Gasteiger partial charge in [0.25, 0.3) is 0 Å². The molecule has 2 rings (SSSR count). The Kier molecular flexibility index (Phi) is 4.96. The number of carboxylic acid groups (broad SMARTS) is 1. The van der Waals surface area contributed by atoms with E-state index in [0.717, 1.165) is 25.7 Å². The fourth-order valence-corrected chi connectivity index (χ4v) is 4.04. The van der Waals surface area contributed by atoms with Crippen LogP contribution in [0.25, 0.3) is 0 Å². The molecule has 1 heterocycles. The van der Waals surface area contributed by atoms with E-state index in [4.69, 9.17) is 0 Å². The number of amides is 2. The fraction of sp³-hybridized carbons (Fsp3) is 0.714. The lowest BCUT2D eigenvalue weighted by Gasteiger charge is -2.33. The molecule has 1 N–H and O–H groups in total. The molecule has 1 saturated carbocycles. The van der Waals surface area contributed by atoms with Gasteiger partial charge in [-0.2, -0.15) is 0 Å². The number of carbonyl (C=O) groups excluding carboxylic acids is 1. The lowest BCUT2D eigenvalue weighted by atomic mass is 10.2. The molecule has 0 aromatic carbocycles. The molecule has 20 heavy (non-hydrogen) atoms. The van der Waals surface area contributed by atoms with Gasteiger partial charge >= 0.3 is 12.0 Å². The molecule has 1 saturated heterocycles. The summed E-state index contributed by atoms with van der Waals surface area (Å²) in [4.78, 5) is 27.5. The number of urea groups is 1. The monoisotopic (exact) mass is 298 g/mol. The molecule has 0 bridgehead atoms. The van der Waals surface area contributed by atoms with Gasteiger partial charge in [-0.3, -0.25) is 4.90 Å². The summed E-state index contributed by atoms with van der Waals surface area (Å²) in [6.07, 6.45) is 5.52. The molecule has 6 heteroatoms. The van der Waals surface area contributed by atoms with Crippen LogP contribution in [-0.4, -0.2) is 56.7 Å². The van der Waals surface area contributed by atoms with Crippen molar-refractivity contribution in [3.63, 3.8) is 0 Å². The number of thioether (sulfide) groups is 1. The molecule has 1 aliphatic heterocycles. The van der Waals surface area contributed by atoms with Gasteiger partial charge in [-0.1, -0.05) is 19.4 Å². The second-order valence-corrected chi connectivity index (χ2v) is 6.50. The molecule has 0 aromatic rings. The van der Waals surface area contributed by atoms with Crippen LogP contribution in [0.3, 0.4) is 0 Å². The van der Waals surface area contributed by atoms with E-state index in [2.05, 4.69) is 13.5 Å². The van der Waals surface area contributed by atoms with Crippen LogP contribution in [0.5, 0.6) is 0 Å². The molecule has 2 aliphatic rings. The van der Waals surface area contributed by atoms with E-state index in [1.807, 2.05) is 0 Å². The van der Waals surface area contributed by atoms with E-state index in [-0.39, 0.29) is 17.4 Å². The van der Waals surface area contributed by atoms with Crippen LogP contribution in [0.4, 0.5) is 4.79 Å². The van der Waals surface area contributed by atoms with Crippen molar-refractivity contribution < 1.29 is 14.7 Å². The predicted octanol–water partition coefficient (Wildman–Crippen LogP) is 2.39.